The number of alkyl halides is 2. The second-order valence-corrected chi connectivity index (χ2v) is 11.0. The highest BCUT2D eigenvalue weighted by molar-refractivity contribution is 6.53. The molecule has 3 aliphatic rings. The van der Waals surface area contributed by atoms with E-state index in [0.29, 0.717) is 12.1 Å². The van der Waals surface area contributed by atoms with Gasteiger partial charge in [0, 0.05) is 22.7 Å². The molecule has 4 atom stereocenters. The number of rotatable bonds is 5. The average molecular weight is 490 g/mol. The number of fused-ring (bicyclic) bond motifs is 3. The highest BCUT2D eigenvalue weighted by Gasteiger charge is 2.67. The van der Waals surface area contributed by atoms with E-state index in [1.165, 1.54) is 12.0 Å². The smallest absolute Gasteiger partial charge is 0.233 e. The lowest BCUT2D eigenvalue weighted by Gasteiger charge is -2.42. The first-order chi connectivity index (χ1) is 15.8. The van der Waals surface area contributed by atoms with E-state index in [1.807, 2.05) is 36.4 Å². The summed E-state index contributed by atoms with van der Waals surface area (Å²) < 4.78 is 17.3. The molecular formula is C26H29Cl2NO4. The predicted octanol–water partition coefficient (Wildman–Crippen LogP) is 6.37. The third kappa shape index (κ3) is 3.78. The first-order valence-electron chi connectivity index (χ1n) is 11.5. The van der Waals surface area contributed by atoms with Gasteiger partial charge in [0.2, 0.25) is 5.91 Å². The van der Waals surface area contributed by atoms with Crippen LogP contribution in [0.25, 0.3) is 0 Å². The van der Waals surface area contributed by atoms with Gasteiger partial charge in [0.25, 0.3) is 0 Å². The summed E-state index contributed by atoms with van der Waals surface area (Å²) in [4.78, 5) is 12.8. The fraction of sp³-hybridized carbons (Fsp3) is 0.500. The van der Waals surface area contributed by atoms with Crippen LogP contribution < -0.4 is 14.8 Å². The monoisotopic (exact) mass is 489 g/mol. The molecule has 2 aliphatic carbocycles. The van der Waals surface area contributed by atoms with Gasteiger partial charge in [0.1, 0.15) is 21.9 Å². The Balaban J connectivity index is 1.54. The molecule has 176 valence electrons. The van der Waals surface area contributed by atoms with Gasteiger partial charge in [-0.05, 0) is 56.0 Å². The van der Waals surface area contributed by atoms with Crippen LogP contribution in [0.4, 0.5) is 5.69 Å². The van der Waals surface area contributed by atoms with Gasteiger partial charge >= 0.3 is 0 Å². The number of anilines is 1. The largest absolute Gasteiger partial charge is 0.496 e. The Hall–Kier alpha value is -1.95. The van der Waals surface area contributed by atoms with Gasteiger partial charge in [-0.3, -0.25) is 4.79 Å². The first kappa shape index (κ1) is 22.8. The van der Waals surface area contributed by atoms with Gasteiger partial charge in [0.05, 0.1) is 25.7 Å². The molecule has 2 aromatic rings. The normalized spacial score (nSPS) is 29.4. The molecule has 0 unspecified atom stereocenters. The molecule has 7 heteroatoms. The van der Waals surface area contributed by atoms with E-state index in [-0.39, 0.29) is 24.0 Å². The Bertz CT molecular complexity index is 1090. The van der Waals surface area contributed by atoms with Gasteiger partial charge in [0.15, 0.2) is 0 Å². The number of hydrogen-bond donors (Lipinski definition) is 1. The Morgan fingerprint density at radius 1 is 1.06 bits per heavy atom. The van der Waals surface area contributed by atoms with Gasteiger partial charge in [-0.15, -0.1) is 23.2 Å². The van der Waals surface area contributed by atoms with Crippen LogP contribution in [0.3, 0.4) is 0 Å². The van der Waals surface area contributed by atoms with E-state index >= 15 is 0 Å². The summed E-state index contributed by atoms with van der Waals surface area (Å²) >= 11 is 12.4. The highest BCUT2D eigenvalue weighted by Crippen LogP contribution is 2.64. The topological polar surface area (TPSA) is 56.8 Å². The molecule has 0 aromatic heterocycles. The molecule has 1 amide bonds. The molecule has 5 rings (SSSR count). The molecule has 0 bridgehead atoms. The lowest BCUT2D eigenvalue weighted by atomic mass is 9.75. The summed E-state index contributed by atoms with van der Waals surface area (Å²) in [5, 5.41) is 2.99. The van der Waals surface area contributed by atoms with Gasteiger partial charge in [-0.2, -0.15) is 0 Å². The zero-order chi connectivity index (χ0) is 23.4. The van der Waals surface area contributed by atoms with Gasteiger partial charge in [-0.25, -0.2) is 0 Å². The molecule has 5 nitrogen and oxygen atoms in total. The van der Waals surface area contributed by atoms with Crippen molar-refractivity contribution >= 4 is 34.8 Å². The van der Waals surface area contributed by atoms with Gasteiger partial charge < -0.3 is 19.5 Å². The van der Waals surface area contributed by atoms with Crippen molar-refractivity contribution in [3.8, 4) is 11.5 Å². The SMILES string of the molecule is COc1ccc(OC)c2c1[C@H](c1cccc(NC(=O)[C@@]3(C)CC3(Cl)Cl)c1)O[C@H]1CCCC[C@@H]21. The molecular weight excluding hydrogens is 461 g/mol. The lowest BCUT2D eigenvalue weighted by molar-refractivity contribution is -0.120. The van der Waals surface area contributed by atoms with E-state index in [0.717, 1.165) is 41.9 Å². The Morgan fingerprint density at radius 2 is 1.73 bits per heavy atom. The Kier molecular flexibility index (Phi) is 5.79. The lowest BCUT2D eigenvalue weighted by Crippen LogP contribution is -2.34. The molecule has 0 spiro atoms. The zero-order valence-corrected chi connectivity index (χ0v) is 20.6. The van der Waals surface area contributed by atoms with Crippen molar-refractivity contribution in [2.45, 2.75) is 61.5 Å². The van der Waals surface area contributed by atoms with Crippen LogP contribution in [-0.4, -0.2) is 30.6 Å². The minimum atomic E-state index is -1.01. The van der Waals surface area contributed by atoms with Crippen LogP contribution in [0.1, 0.15) is 67.7 Å². The van der Waals surface area contributed by atoms with Crippen molar-refractivity contribution < 1.29 is 19.0 Å². The van der Waals surface area contributed by atoms with Gasteiger partial charge in [-0.1, -0.05) is 25.0 Å². The van der Waals surface area contributed by atoms with Crippen LogP contribution in [0.5, 0.6) is 11.5 Å². The summed E-state index contributed by atoms with van der Waals surface area (Å²) in [5.41, 5.74) is 3.05. The third-order valence-electron chi connectivity index (χ3n) is 7.50. The number of nitrogens with one attached hydrogen (secondary N) is 1. The number of ether oxygens (including phenoxy) is 3. The van der Waals surface area contributed by atoms with Crippen LogP contribution >= 0.6 is 23.2 Å². The van der Waals surface area contributed by atoms with Crippen LogP contribution in [-0.2, 0) is 9.53 Å². The van der Waals surface area contributed by atoms with Crippen LogP contribution in [0.2, 0.25) is 0 Å². The maximum Gasteiger partial charge on any atom is 0.233 e. The molecule has 2 fully saturated rings. The maximum atomic E-state index is 12.8. The predicted molar refractivity (Wildman–Crippen MR) is 130 cm³/mol. The van der Waals surface area contributed by atoms with Crippen molar-refractivity contribution in [2.24, 2.45) is 5.41 Å². The quantitative estimate of drug-likeness (QED) is 0.495. The molecule has 1 heterocycles. The average Bonchev–Trinajstić information content (AvgIpc) is 3.36. The molecule has 2 saturated carbocycles. The van der Waals surface area contributed by atoms with Crippen LogP contribution in [0, 0.1) is 5.41 Å². The molecule has 0 radical (unpaired) electrons. The summed E-state index contributed by atoms with van der Waals surface area (Å²) in [7, 11) is 3.40. The summed E-state index contributed by atoms with van der Waals surface area (Å²) in [6.07, 6.45) is 4.66. The van der Waals surface area contributed by atoms with Crippen molar-refractivity contribution in [3.05, 3.63) is 53.1 Å². The first-order valence-corrected chi connectivity index (χ1v) is 12.2. The van der Waals surface area contributed by atoms with Crippen molar-refractivity contribution in [3.63, 3.8) is 0 Å². The van der Waals surface area contributed by atoms with Crippen molar-refractivity contribution in [1.29, 1.82) is 0 Å². The number of carbonyl (C=O) groups is 1. The molecule has 0 saturated heterocycles. The number of carbonyl (C=O) groups excluding carboxylic acids is 1. The molecule has 33 heavy (non-hydrogen) atoms. The third-order valence-corrected chi connectivity index (χ3v) is 8.60. The Morgan fingerprint density at radius 3 is 2.39 bits per heavy atom. The van der Waals surface area contributed by atoms with Crippen molar-refractivity contribution in [1.82, 2.24) is 0 Å². The molecule has 1 aliphatic heterocycles. The van der Waals surface area contributed by atoms with E-state index in [1.54, 1.807) is 21.1 Å². The minimum absolute atomic E-state index is 0.119. The second-order valence-electron chi connectivity index (χ2n) is 9.54. The van der Waals surface area contributed by atoms with E-state index in [2.05, 4.69) is 5.32 Å². The Labute approximate surface area is 204 Å². The number of hydrogen-bond acceptors (Lipinski definition) is 4. The van der Waals surface area contributed by atoms with Crippen LogP contribution in [0.15, 0.2) is 36.4 Å². The zero-order valence-electron chi connectivity index (χ0n) is 19.1. The fourth-order valence-electron chi connectivity index (χ4n) is 5.38. The van der Waals surface area contributed by atoms with E-state index in [9.17, 15) is 4.79 Å². The summed E-state index contributed by atoms with van der Waals surface area (Å²) in [6, 6.07) is 11.7. The number of amides is 1. The maximum absolute atomic E-state index is 12.8. The fourth-order valence-corrected chi connectivity index (χ4v) is 6.08. The van der Waals surface area contributed by atoms with E-state index in [4.69, 9.17) is 37.4 Å². The highest BCUT2D eigenvalue weighted by atomic mass is 35.5. The minimum Gasteiger partial charge on any atom is -0.496 e. The summed E-state index contributed by atoms with van der Waals surface area (Å²) in [6.45, 7) is 1.78. The molecule has 2 aromatic carbocycles. The van der Waals surface area contributed by atoms with Crippen molar-refractivity contribution in [2.75, 3.05) is 19.5 Å². The molecule has 1 N–H and O–H groups in total. The number of methoxy groups -OCH3 is 2. The van der Waals surface area contributed by atoms with E-state index < -0.39 is 9.75 Å². The number of benzene rings is 2. The second kappa shape index (κ2) is 8.37. The number of halogens is 2. The summed E-state index contributed by atoms with van der Waals surface area (Å²) in [5.74, 6) is 1.77. The standard InChI is InChI=1S/C26H29Cl2NO4/c1-25(14-26(25,27)28)24(30)29-16-8-6-7-15(13-16)23-22-20(32-3)12-11-19(31-2)21(22)17-9-4-5-10-18(17)33-23/h6-8,11-13,17-18,23H,4-5,9-10,14H2,1-3H3,(H,29,30)/t17-,18+,23+,25-/m1/s1.